The highest BCUT2D eigenvalue weighted by Crippen LogP contribution is 2.42. The van der Waals surface area contributed by atoms with Crippen molar-refractivity contribution < 1.29 is 9.47 Å². The quantitative estimate of drug-likeness (QED) is 0.836. The lowest BCUT2D eigenvalue weighted by Crippen LogP contribution is -2.59. The summed E-state index contributed by atoms with van der Waals surface area (Å²) in [5.74, 6) is 0. The molecule has 0 spiro atoms. The molecule has 3 aliphatic rings. The molecule has 126 valence electrons. The molecular weight excluding hydrogens is 288 g/mol. The maximum absolute atomic E-state index is 6.15. The van der Waals surface area contributed by atoms with E-state index in [9.17, 15) is 0 Å². The van der Waals surface area contributed by atoms with Crippen LogP contribution in [0.15, 0.2) is 24.5 Å². The van der Waals surface area contributed by atoms with Crippen LogP contribution in [0.2, 0.25) is 0 Å². The first-order chi connectivity index (χ1) is 11.4. The van der Waals surface area contributed by atoms with Gasteiger partial charge >= 0.3 is 0 Å². The summed E-state index contributed by atoms with van der Waals surface area (Å²) in [5.41, 5.74) is 1.36. The van der Waals surface area contributed by atoms with E-state index in [1.807, 2.05) is 18.5 Å². The van der Waals surface area contributed by atoms with Crippen LogP contribution >= 0.6 is 0 Å². The van der Waals surface area contributed by atoms with Crippen molar-refractivity contribution in [2.24, 2.45) is 5.41 Å². The maximum Gasteiger partial charge on any atom is 0.0732 e. The highest BCUT2D eigenvalue weighted by Gasteiger charge is 2.47. The molecule has 0 N–H and O–H groups in total. The van der Waals surface area contributed by atoms with Crippen molar-refractivity contribution in [2.45, 2.75) is 57.3 Å². The largest absolute Gasteiger partial charge is 0.377 e. The SMILES string of the molecule is c1cncc(COC[C@]23CCCO[C@@H]2CCN(C2CCC2)C3)c1. The van der Waals surface area contributed by atoms with Crippen LogP contribution in [-0.4, -0.2) is 48.3 Å². The first kappa shape index (κ1) is 15.6. The summed E-state index contributed by atoms with van der Waals surface area (Å²) in [6.45, 7) is 4.77. The van der Waals surface area contributed by atoms with Crippen molar-refractivity contribution in [3.8, 4) is 0 Å². The second kappa shape index (κ2) is 6.88. The first-order valence-electron chi connectivity index (χ1n) is 9.18. The van der Waals surface area contributed by atoms with Crippen LogP contribution in [0, 0.1) is 5.41 Å². The summed E-state index contributed by atoms with van der Waals surface area (Å²) in [4.78, 5) is 6.90. The Hall–Kier alpha value is -0.970. The van der Waals surface area contributed by atoms with Gasteiger partial charge < -0.3 is 9.47 Å². The first-order valence-corrected chi connectivity index (χ1v) is 9.18. The number of pyridine rings is 1. The predicted molar refractivity (Wildman–Crippen MR) is 89.1 cm³/mol. The van der Waals surface area contributed by atoms with E-state index in [0.717, 1.165) is 31.4 Å². The van der Waals surface area contributed by atoms with Gasteiger partial charge in [0.1, 0.15) is 0 Å². The third kappa shape index (κ3) is 3.30. The number of fused-ring (bicyclic) bond motifs is 1. The van der Waals surface area contributed by atoms with Crippen LogP contribution in [-0.2, 0) is 16.1 Å². The number of hydrogen-bond acceptors (Lipinski definition) is 4. The van der Waals surface area contributed by atoms with Crippen LogP contribution in [0.3, 0.4) is 0 Å². The number of rotatable bonds is 5. The minimum Gasteiger partial charge on any atom is -0.377 e. The summed E-state index contributed by atoms with van der Waals surface area (Å²) in [6, 6.07) is 4.89. The van der Waals surface area contributed by atoms with Crippen LogP contribution in [0.5, 0.6) is 0 Å². The summed E-state index contributed by atoms with van der Waals surface area (Å²) >= 11 is 0. The molecule has 2 saturated heterocycles. The fourth-order valence-electron chi connectivity index (χ4n) is 4.45. The molecule has 3 fully saturated rings. The molecular formula is C19H28N2O2. The third-order valence-electron chi connectivity index (χ3n) is 5.99. The monoisotopic (exact) mass is 316 g/mol. The summed E-state index contributed by atoms with van der Waals surface area (Å²) in [5, 5.41) is 0. The number of aromatic nitrogens is 1. The van der Waals surface area contributed by atoms with Crippen LogP contribution < -0.4 is 0 Å². The van der Waals surface area contributed by atoms with Crippen molar-refractivity contribution in [3.63, 3.8) is 0 Å². The van der Waals surface area contributed by atoms with Crippen molar-refractivity contribution >= 4 is 0 Å². The molecule has 1 aromatic rings. The fourth-order valence-corrected chi connectivity index (χ4v) is 4.45. The lowest BCUT2D eigenvalue weighted by molar-refractivity contribution is -0.162. The van der Waals surface area contributed by atoms with Gasteiger partial charge in [-0.15, -0.1) is 0 Å². The van der Waals surface area contributed by atoms with E-state index < -0.39 is 0 Å². The third-order valence-corrected chi connectivity index (χ3v) is 5.99. The van der Waals surface area contributed by atoms with Gasteiger partial charge in [0.2, 0.25) is 0 Å². The molecule has 2 atom stereocenters. The van der Waals surface area contributed by atoms with E-state index >= 15 is 0 Å². The van der Waals surface area contributed by atoms with Crippen LogP contribution in [0.25, 0.3) is 0 Å². The molecule has 23 heavy (non-hydrogen) atoms. The lowest BCUT2D eigenvalue weighted by Gasteiger charge is -2.53. The van der Waals surface area contributed by atoms with E-state index in [0.29, 0.717) is 12.7 Å². The zero-order valence-corrected chi connectivity index (χ0v) is 14.0. The van der Waals surface area contributed by atoms with Gasteiger partial charge in [-0.2, -0.15) is 0 Å². The Balaban J connectivity index is 1.40. The number of likely N-dealkylation sites (tertiary alicyclic amines) is 1. The molecule has 4 heteroatoms. The summed E-state index contributed by atoms with van der Waals surface area (Å²) in [6.07, 6.45) is 11.9. The molecule has 4 rings (SSSR count). The van der Waals surface area contributed by atoms with Gasteiger partial charge in [0, 0.05) is 43.5 Å². The van der Waals surface area contributed by atoms with Gasteiger partial charge in [-0.1, -0.05) is 12.5 Å². The smallest absolute Gasteiger partial charge is 0.0732 e. The van der Waals surface area contributed by atoms with Gasteiger partial charge in [-0.05, 0) is 43.7 Å². The van der Waals surface area contributed by atoms with E-state index in [2.05, 4.69) is 16.0 Å². The maximum atomic E-state index is 6.15. The van der Waals surface area contributed by atoms with Crippen molar-refractivity contribution in [3.05, 3.63) is 30.1 Å². The highest BCUT2D eigenvalue weighted by atomic mass is 16.5. The highest BCUT2D eigenvalue weighted by molar-refractivity contribution is 5.07. The Bertz CT molecular complexity index is 505. The van der Waals surface area contributed by atoms with Crippen LogP contribution in [0.1, 0.15) is 44.1 Å². The number of nitrogens with zero attached hydrogens (tertiary/aromatic N) is 2. The van der Waals surface area contributed by atoms with Gasteiger partial charge in [0.05, 0.1) is 19.3 Å². The van der Waals surface area contributed by atoms with Gasteiger partial charge in [0.15, 0.2) is 0 Å². The average Bonchev–Trinajstić information content (AvgIpc) is 2.54. The molecule has 1 aromatic heterocycles. The minimum atomic E-state index is 0.203. The molecule has 0 bridgehead atoms. The Labute approximate surface area is 139 Å². The number of piperidine rings is 1. The second-order valence-corrected chi connectivity index (χ2v) is 7.52. The average molecular weight is 316 g/mol. The fraction of sp³-hybridized carbons (Fsp3) is 0.737. The van der Waals surface area contributed by atoms with Crippen LogP contribution in [0.4, 0.5) is 0 Å². The summed E-state index contributed by atoms with van der Waals surface area (Å²) < 4.78 is 12.3. The molecule has 3 heterocycles. The number of hydrogen-bond donors (Lipinski definition) is 0. The Morgan fingerprint density at radius 3 is 3.04 bits per heavy atom. The van der Waals surface area contributed by atoms with E-state index in [-0.39, 0.29) is 5.41 Å². The molecule has 0 aromatic carbocycles. The van der Waals surface area contributed by atoms with Gasteiger partial charge in [0.25, 0.3) is 0 Å². The standard InChI is InChI=1S/C19H28N2O2/c1-5-17(6-1)21-10-7-18-19(14-21,8-3-11-23-18)15-22-13-16-4-2-9-20-12-16/h2,4,9,12,17-18H,1,3,5-8,10-11,13-15H2/t18-,19-/m1/s1. The van der Waals surface area contributed by atoms with Crippen molar-refractivity contribution in [2.75, 3.05) is 26.3 Å². The number of ether oxygens (including phenoxy) is 2. The van der Waals surface area contributed by atoms with E-state index in [4.69, 9.17) is 9.47 Å². The minimum absolute atomic E-state index is 0.203. The Kier molecular flexibility index (Phi) is 4.65. The lowest BCUT2D eigenvalue weighted by atomic mass is 9.72. The molecule has 0 unspecified atom stereocenters. The molecule has 1 saturated carbocycles. The van der Waals surface area contributed by atoms with Gasteiger partial charge in [-0.25, -0.2) is 0 Å². The molecule has 0 radical (unpaired) electrons. The zero-order chi connectivity index (χ0) is 15.5. The normalized spacial score (nSPS) is 32.3. The Morgan fingerprint density at radius 2 is 2.26 bits per heavy atom. The molecule has 2 aliphatic heterocycles. The topological polar surface area (TPSA) is 34.6 Å². The zero-order valence-electron chi connectivity index (χ0n) is 14.0. The molecule has 0 amide bonds. The van der Waals surface area contributed by atoms with Crippen molar-refractivity contribution in [1.82, 2.24) is 9.88 Å². The summed E-state index contributed by atoms with van der Waals surface area (Å²) in [7, 11) is 0. The predicted octanol–water partition coefficient (Wildman–Crippen LogP) is 3.02. The molecule has 4 nitrogen and oxygen atoms in total. The van der Waals surface area contributed by atoms with Crippen molar-refractivity contribution in [1.29, 1.82) is 0 Å². The Morgan fingerprint density at radius 1 is 1.30 bits per heavy atom. The van der Waals surface area contributed by atoms with E-state index in [1.54, 1.807) is 0 Å². The molecule has 1 aliphatic carbocycles. The van der Waals surface area contributed by atoms with Gasteiger partial charge in [-0.3, -0.25) is 9.88 Å². The van der Waals surface area contributed by atoms with E-state index in [1.165, 1.54) is 45.1 Å². The second-order valence-electron chi connectivity index (χ2n) is 7.52.